The average molecular weight is 407 g/mol. The third kappa shape index (κ3) is 3.99. The first kappa shape index (κ1) is 20.2. The predicted octanol–water partition coefficient (Wildman–Crippen LogP) is 3.97. The molecule has 7 heteroatoms. The summed E-state index contributed by atoms with van der Waals surface area (Å²) in [5, 5.41) is 11.4. The van der Waals surface area contributed by atoms with Crippen LogP contribution >= 0.6 is 0 Å². The first-order valence-electron chi connectivity index (χ1n) is 9.66. The minimum absolute atomic E-state index is 0.0130. The number of fused-ring (bicyclic) bond motifs is 2. The number of methoxy groups -OCH3 is 1. The molecule has 2 bridgehead atoms. The zero-order chi connectivity index (χ0) is 20.6. The molecule has 2 unspecified atom stereocenters. The maximum Gasteiger partial charge on any atom is 0.419 e. The SMILES string of the molecule is COc1cc(C2(O)CC3COCC(C2)N3Cc2ccccc2)ccc1C(F)(F)F. The van der Waals surface area contributed by atoms with Crippen LogP contribution in [0.25, 0.3) is 0 Å². The molecular weight excluding hydrogens is 383 g/mol. The molecule has 2 atom stereocenters. The zero-order valence-corrected chi connectivity index (χ0v) is 16.2. The molecule has 29 heavy (non-hydrogen) atoms. The van der Waals surface area contributed by atoms with E-state index in [4.69, 9.17) is 9.47 Å². The molecule has 1 N–H and O–H groups in total. The van der Waals surface area contributed by atoms with Gasteiger partial charge in [0, 0.05) is 18.6 Å². The van der Waals surface area contributed by atoms with Gasteiger partial charge in [0.1, 0.15) is 5.75 Å². The summed E-state index contributed by atoms with van der Waals surface area (Å²) in [6.45, 7) is 1.73. The van der Waals surface area contributed by atoms with E-state index in [0.717, 1.165) is 12.6 Å². The second kappa shape index (κ2) is 7.63. The Balaban J connectivity index is 1.60. The highest BCUT2D eigenvalue weighted by atomic mass is 19.4. The van der Waals surface area contributed by atoms with E-state index in [2.05, 4.69) is 17.0 Å². The van der Waals surface area contributed by atoms with E-state index in [1.807, 2.05) is 18.2 Å². The highest BCUT2D eigenvalue weighted by molar-refractivity contribution is 5.42. The number of aliphatic hydroxyl groups is 1. The highest BCUT2D eigenvalue weighted by Crippen LogP contribution is 2.44. The molecule has 2 fully saturated rings. The molecule has 2 aromatic rings. The maximum atomic E-state index is 13.2. The molecular formula is C22H24F3NO3. The van der Waals surface area contributed by atoms with E-state index < -0.39 is 17.3 Å². The summed E-state index contributed by atoms with van der Waals surface area (Å²) in [5.74, 6) is -0.267. The van der Waals surface area contributed by atoms with Gasteiger partial charge < -0.3 is 14.6 Å². The van der Waals surface area contributed by atoms with Crippen LogP contribution in [0, 0.1) is 0 Å². The van der Waals surface area contributed by atoms with Crippen LogP contribution in [-0.2, 0) is 23.1 Å². The van der Waals surface area contributed by atoms with Crippen molar-refractivity contribution in [3.63, 3.8) is 0 Å². The largest absolute Gasteiger partial charge is 0.496 e. The minimum Gasteiger partial charge on any atom is -0.496 e. The van der Waals surface area contributed by atoms with E-state index in [1.165, 1.54) is 24.8 Å². The number of morpholine rings is 1. The van der Waals surface area contributed by atoms with E-state index in [0.29, 0.717) is 31.6 Å². The molecule has 2 aliphatic rings. The molecule has 2 heterocycles. The lowest BCUT2D eigenvalue weighted by atomic mass is 9.76. The van der Waals surface area contributed by atoms with E-state index in [9.17, 15) is 18.3 Å². The number of hydrogen-bond donors (Lipinski definition) is 1. The second-order valence-electron chi connectivity index (χ2n) is 7.86. The van der Waals surface area contributed by atoms with E-state index in [1.54, 1.807) is 0 Å². The van der Waals surface area contributed by atoms with Gasteiger partial charge in [0.25, 0.3) is 0 Å². The predicted molar refractivity (Wildman–Crippen MR) is 102 cm³/mol. The fourth-order valence-electron chi connectivity index (χ4n) is 4.55. The van der Waals surface area contributed by atoms with Crippen molar-refractivity contribution >= 4 is 0 Å². The quantitative estimate of drug-likeness (QED) is 0.833. The number of nitrogens with zero attached hydrogens (tertiary/aromatic N) is 1. The number of benzene rings is 2. The summed E-state index contributed by atoms with van der Waals surface area (Å²) >= 11 is 0. The van der Waals surface area contributed by atoms with Crippen LogP contribution in [0.15, 0.2) is 48.5 Å². The monoisotopic (exact) mass is 407 g/mol. The standard InChI is InChI=1S/C22H24F3NO3/c1-28-20-9-16(7-8-19(20)22(23,24)25)21(27)10-17-13-29-14-18(11-21)26(17)12-15-5-3-2-4-6-15/h2-9,17-18,27H,10-14H2,1H3. The van der Waals surface area contributed by atoms with Gasteiger partial charge >= 0.3 is 6.18 Å². The van der Waals surface area contributed by atoms with E-state index >= 15 is 0 Å². The minimum atomic E-state index is -4.50. The molecule has 2 saturated heterocycles. The van der Waals surface area contributed by atoms with Crippen LogP contribution in [-0.4, -0.2) is 42.4 Å². The van der Waals surface area contributed by atoms with Crippen LogP contribution in [0.2, 0.25) is 0 Å². The average Bonchev–Trinajstić information content (AvgIpc) is 2.68. The summed E-state index contributed by atoms with van der Waals surface area (Å²) in [4.78, 5) is 2.34. The Bertz CT molecular complexity index is 842. The Labute approximate surface area is 167 Å². The molecule has 156 valence electrons. The van der Waals surface area contributed by atoms with Gasteiger partial charge in [-0.15, -0.1) is 0 Å². The van der Waals surface area contributed by atoms with Crippen LogP contribution < -0.4 is 4.74 Å². The van der Waals surface area contributed by atoms with Gasteiger partial charge in [-0.1, -0.05) is 36.4 Å². The number of halogens is 3. The number of hydrogen-bond acceptors (Lipinski definition) is 4. The van der Waals surface area contributed by atoms with Gasteiger partial charge in [0.05, 0.1) is 31.5 Å². The fraction of sp³-hybridized carbons (Fsp3) is 0.455. The Hall–Kier alpha value is -2.09. The van der Waals surface area contributed by atoms with Crippen molar-refractivity contribution in [2.75, 3.05) is 20.3 Å². The smallest absolute Gasteiger partial charge is 0.419 e. The second-order valence-corrected chi connectivity index (χ2v) is 7.86. The molecule has 2 aromatic carbocycles. The molecule has 0 aromatic heterocycles. The molecule has 2 aliphatic heterocycles. The summed E-state index contributed by atoms with van der Waals surface area (Å²) in [7, 11) is 1.21. The lowest BCUT2D eigenvalue weighted by Crippen LogP contribution is -2.60. The van der Waals surface area contributed by atoms with Gasteiger partial charge in [-0.2, -0.15) is 13.2 Å². The third-order valence-electron chi connectivity index (χ3n) is 5.96. The van der Waals surface area contributed by atoms with Gasteiger partial charge in [0.2, 0.25) is 0 Å². The van der Waals surface area contributed by atoms with Crippen molar-refractivity contribution in [3.8, 4) is 5.75 Å². The number of alkyl halides is 3. The fourth-order valence-corrected chi connectivity index (χ4v) is 4.55. The van der Waals surface area contributed by atoms with Gasteiger partial charge in [-0.3, -0.25) is 4.90 Å². The topological polar surface area (TPSA) is 41.9 Å². The Morgan fingerprint density at radius 3 is 2.34 bits per heavy atom. The van der Waals surface area contributed by atoms with Gasteiger partial charge in [-0.25, -0.2) is 0 Å². The third-order valence-corrected chi connectivity index (χ3v) is 5.96. The number of rotatable bonds is 4. The van der Waals surface area contributed by atoms with Crippen LogP contribution in [0.4, 0.5) is 13.2 Å². The van der Waals surface area contributed by atoms with Crippen molar-refractivity contribution in [3.05, 3.63) is 65.2 Å². The highest BCUT2D eigenvalue weighted by Gasteiger charge is 2.47. The first-order valence-corrected chi connectivity index (χ1v) is 9.66. The first-order chi connectivity index (χ1) is 13.8. The molecule has 0 saturated carbocycles. The molecule has 0 radical (unpaired) electrons. The van der Waals surface area contributed by atoms with Crippen LogP contribution in [0.5, 0.6) is 5.75 Å². The van der Waals surface area contributed by atoms with E-state index in [-0.39, 0.29) is 17.8 Å². The lowest BCUT2D eigenvalue weighted by molar-refractivity contribution is -0.150. The Morgan fingerprint density at radius 2 is 1.76 bits per heavy atom. The van der Waals surface area contributed by atoms with Crippen molar-refractivity contribution in [1.82, 2.24) is 4.90 Å². The molecule has 0 amide bonds. The maximum absolute atomic E-state index is 13.2. The van der Waals surface area contributed by atoms with Crippen molar-refractivity contribution in [2.45, 2.75) is 43.2 Å². The Morgan fingerprint density at radius 1 is 1.10 bits per heavy atom. The Kier molecular flexibility index (Phi) is 5.31. The summed E-state index contributed by atoms with van der Waals surface area (Å²) in [6.07, 6.45) is -3.72. The summed E-state index contributed by atoms with van der Waals surface area (Å²) in [5.41, 5.74) is -0.411. The lowest BCUT2D eigenvalue weighted by Gasteiger charge is -2.52. The van der Waals surface area contributed by atoms with Crippen molar-refractivity contribution in [2.24, 2.45) is 0 Å². The van der Waals surface area contributed by atoms with Crippen molar-refractivity contribution < 1.29 is 27.8 Å². The van der Waals surface area contributed by atoms with Gasteiger partial charge in [-0.05, 0) is 36.1 Å². The normalized spacial score (nSPS) is 27.6. The molecule has 4 nitrogen and oxygen atoms in total. The zero-order valence-electron chi connectivity index (χ0n) is 16.2. The molecule has 0 spiro atoms. The van der Waals surface area contributed by atoms with Crippen molar-refractivity contribution in [1.29, 1.82) is 0 Å². The number of piperidine rings is 1. The number of ether oxygens (including phenoxy) is 2. The van der Waals surface area contributed by atoms with Crippen LogP contribution in [0.3, 0.4) is 0 Å². The molecule has 0 aliphatic carbocycles. The van der Waals surface area contributed by atoms with Crippen LogP contribution in [0.1, 0.15) is 29.5 Å². The van der Waals surface area contributed by atoms with Gasteiger partial charge in [0.15, 0.2) is 0 Å². The summed E-state index contributed by atoms with van der Waals surface area (Å²) < 4.78 is 50.2. The molecule has 4 rings (SSSR count). The summed E-state index contributed by atoms with van der Waals surface area (Å²) in [6, 6.07) is 13.8.